The number of nitrogens with one attached hydrogen (secondary N) is 2. The van der Waals surface area contributed by atoms with Gasteiger partial charge in [-0.3, -0.25) is 14.4 Å². The van der Waals surface area contributed by atoms with Gasteiger partial charge in [0, 0.05) is 32.4 Å². The zero-order valence-corrected chi connectivity index (χ0v) is 26.8. The highest BCUT2D eigenvalue weighted by Crippen LogP contribution is 2.27. The Morgan fingerprint density at radius 3 is 2.23 bits per heavy atom. The van der Waals surface area contributed by atoms with E-state index in [-0.39, 0.29) is 36.1 Å². The van der Waals surface area contributed by atoms with Gasteiger partial charge >= 0.3 is 0 Å². The van der Waals surface area contributed by atoms with Gasteiger partial charge in [-0.25, -0.2) is 0 Å². The van der Waals surface area contributed by atoms with Gasteiger partial charge in [0.2, 0.25) is 17.7 Å². The number of nitrogens with two attached hydrogens (primary N) is 1. The molecule has 0 aromatic heterocycles. The second kappa shape index (κ2) is 16.2. The molecule has 0 saturated carbocycles. The number of carbonyl (C=O) groups excluding carboxylic acids is 3. The lowest BCUT2D eigenvalue weighted by Gasteiger charge is -2.30. The van der Waals surface area contributed by atoms with E-state index in [4.69, 9.17) is 10.5 Å². The van der Waals surface area contributed by atoms with Crippen molar-refractivity contribution in [1.82, 2.24) is 15.5 Å². The molecule has 246 valence electrons. The quantitative estimate of drug-likeness (QED) is 0.164. The molecular formula is C38H44N4O5. The standard InChI is InChI=1S/C38H44N4O5/c1-26(43)40-35(21-28-14-17-33(44)18-15-28)37(45)41-36(22-27-8-3-2-4-9-27)38(46)42-24-34(23-32(42)12-7-19-39)47-25-29-13-16-30-10-5-6-11-31(30)20-29/h2-6,8-11,13-18,20,32,34-36,44H,7,12,19,21-25,39H2,1H3,(H,40,43)(H,41,45)/t32-,34+,35+,36+/m0/s1. The van der Waals surface area contributed by atoms with Crippen LogP contribution in [-0.4, -0.2) is 65.0 Å². The Balaban J connectivity index is 1.33. The second-order valence-corrected chi connectivity index (χ2v) is 12.3. The largest absolute Gasteiger partial charge is 0.508 e. The Morgan fingerprint density at radius 2 is 1.51 bits per heavy atom. The van der Waals surface area contributed by atoms with Gasteiger partial charge < -0.3 is 31.1 Å². The molecule has 47 heavy (non-hydrogen) atoms. The van der Waals surface area contributed by atoms with Crippen LogP contribution in [0.2, 0.25) is 0 Å². The number of aromatic hydroxyl groups is 1. The second-order valence-electron chi connectivity index (χ2n) is 12.3. The SMILES string of the molecule is CC(=O)N[C@H](Cc1ccc(O)cc1)C(=O)N[C@H](Cc1ccccc1)C(=O)N1C[C@H](OCc2ccc3ccccc3c2)C[C@@H]1CCCN. The Kier molecular flexibility index (Phi) is 11.6. The fourth-order valence-corrected chi connectivity index (χ4v) is 6.28. The summed E-state index contributed by atoms with van der Waals surface area (Å²) in [4.78, 5) is 42.1. The first-order valence-corrected chi connectivity index (χ1v) is 16.3. The molecule has 0 spiro atoms. The molecule has 5 rings (SSSR count). The van der Waals surface area contributed by atoms with Gasteiger partial charge in [-0.1, -0.05) is 78.9 Å². The minimum atomic E-state index is -0.909. The summed E-state index contributed by atoms with van der Waals surface area (Å²) in [7, 11) is 0. The lowest BCUT2D eigenvalue weighted by molar-refractivity contribution is -0.138. The van der Waals surface area contributed by atoms with Crippen molar-refractivity contribution < 1.29 is 24.2 Å². The molecule has 1 aliphatic rings. The third-order valence-electron chi connectivity index (χ3n) is 8.67. The third kappa shape index (κ3) is 9.40. The lowest BCUT2D eigenvalue weighted by Crippen LogP contribution is -2.56. The molecule has 1 fully saturated rings. The first kappa shape index (κ1) is 33.6. The van der Waals surface area contributed by atoms with Crippen LogP contribution < -0.4 is 16.4 Å². The summed E-state index contributed by atoms with van der Waals surface area (Å²) in [5.74, 6) is -0.892. The number of carbonyl (C=O) groups is 3. The summed E-state index contributed by atoms with van der Waals surface area (Å²) in [5, 5.41) is 17.7. The predicted molar refractivity (Wildman–Crippen MR) is 182 cm³/mol. The molecule has 0 bridgehead atoms. The van der Waals surface area contributed by atoms with Crippen LogP contribution in [0.4, 0.5) is 0 Å². The van der Waals surface area contributed by atoms with Crippen LogP contribution in [-0.2, 0) is 38.6 Å². The fourth-order valence-electron chi connectivity index (χ4n) is 6.28. The zero-order chi connectivity index (χ0) is 33.2. The number of hydrogen-bond donors (Lipinski definition) is 4. The number of likely N-dealkylation sites (tertiary alicyclic amines) is 1. The van der Waals surface area contributed by atoms with Gasteiger partial charge in [0.25, 0.3) is 0 Å². The third-order valence-corrected chi connectivity index (χ3v) is 8.67. The average Bonchev–Trinajstić information content (AvgIpc) is 3.49. The first-order chi connectivity index (χ1) is 22.8. The van der Waals surface area contributed by atoms with E-state index >= 15 is 0 Å². The van der Waals surface area contributed by atoms with E-state index in [1.165, 1.54) is 24.4 Å². The topological polar surface area (TPSA) is 134 Å². The highest BCUT2D eigenvalue weighted by Gasteiger charge is 2.39. The summed E-state index contributed by atoms with van der Waals surface area (Å²) in [6.45, 7) is 2.71. The molecule has 4 aromatic rings. The number of hydrogen-bond acceptors (Lipinski definition) is 6. The highest BCUT2D eigenvalue weighted by atomic mass is 16.5. The number of phenolic OH excluding ortho intramolecular Hbond substituents is 1. The van der Waals surface area contributed by atoms with Crippen LogP contribution in [0.3, 0.4) is 0 Å². The summed E-state index contributed by atoms with van der Waals surface area (Å²) in [6.07, 6.45) is 2.51. The van der Waals surface area contributed by atoms with Gasteiger partial charge in [-0.2, -0.15) is 0 Å². The van der Waals surface area contributed by atoms with Crippen LogP contribution in [0.5, 0.6) is 5.75 Å². The van der Waals surface area contributed by atoms with Crippen LogP contribution >= 0.6 is 0 Å². The van der Waals surface area contributed by atoms with Crippen LogP contribution in [0.25, 0.3) is 10.8 Å². The summed E-state index contributed by atoms with van der Waals surface area (Å²) in [5.41, 5.74) is 8.61. The molecule has 1 heterocycles. The Hall–Kier alpha value is -4.73. The molecule has 1 aliphatic heterocycles. The van der Waals surface area contributed by atoms with Crippen molar-refractivity contribution in [2.45, 2.75) is 69.9 Å². The number of phenols is 1. The molecule has 9 heteroatoms. The van der Waals surface area contributed by atoms with E-state index in [0.717, 1.165) is 34.9 Å². The van der Waals surface area contributed by atoms with E-state index in [0.29, 0.717) is 32.5 Å². The maximum atomic E-state index is 14.4. The van der Waals surface area contributed by atoms with Gasteiger partial charge in [-0.15, -0.1) is 0 Å². The van der Waals surface area contributed by atoms with Crippen molar-refractivity contribution in [3.63, 3.8) is 0 Å². The smallest absolute Gasteiger partial charge is 0.245 e. The Morgan fingerprint density at radius 1 is 0.851 bits per heavy atom. The van der Waals surface area contributed by atoms with Crippen LogP contribution in [0.15, 0.2) is 97.1 Å². The normalized spacial score (nSPS) is 17.3. The van der Waals surface area contributed by atoms with Crippen molar-refractivity contribution >= 4 is 28.5 Å². The van der Waals surface area contributed by atoms with E-state index in [1.54, 1.807) is 12.1 Å². The van der Waals surface area contributed by atoms with Crippen LogP contribution in [0, 0.1) is 0 Å². The minimum absolute atomic E-state index is 0.0778. The van der Waals surface area contributed by atoms with E-state index in [9.17, 15) is 19.5 Å². The van der Waals surface area contributed by atoms with Crippen molar-refractivity contribution in [1.29, 1.82) is 0 Å². The summed E-state index contributed by atoms with van der Waals surface area (Å²) in [6, 6.07) is 28.7. The maximum absolute atomic E-state index is 14.4. The number of fused-ring (bicyclic) bond motifs is 1. The van der Waals surface area contributed by atoms with E-state index < -0.39 is 18.0 Å². The molecular weight excluding hydrogens is 592 g/mol. The number of benzene rings is 4. The number of ether oxygens (including phenoxy) is 1. The molecule has 3 amide bonds. The average molecular weight is 637 g/mol. The Labute approximate surface area is 276 Å². The van der Waals surface area contributed by atoms with Gasteiger partial charge in [0.05, 0.1) is 12.7 Å². The van der Waals surface area contributed by atoms with Crippen molar-refractivity contribution in [3.8, 4) is 5.75 Å². The zero-order valence-electron chi connectivity index (χ0n) is 26.8. The molecule has 4 aromatic carbocycles. The number of rotatable bonds is 14. The van der Waals surface area contributed by atoms with E-state index in [1.807, 2.05) is 47.4 Å². The molecule has 0 radical (unpaired) electrons. The minimum Gasteiger partial charge on any atom is -0.508 e. The van der Waals surface area contributed by atoms with Gasteiger partial charge in [0.15, 0.2) is 0 Å². The predicted octanol–water partition coefficient (Wildman–Crippen LogP) is 4.25. The molecule has 5 N–H and O–H groups in total. The fraction of sp³-hybridized carbons (Fsp3) is 0.342. The molecule has 1 saturated heterocycles. The maximum Gasteiger partial charge on any atom is 0.245 e. The van der Waals surface area contributed by atoms with Crippen molar-refractivity contribution in [3.05, 3.63) is 114 Å². The Bertz CT molecular complexity index is 1650. The van der Waals surface area contributed by atoms with Crippen molar-refractivity contribution in [2.24, 2.45) is 5.73 Å². The highest BCUT2D eigenvalue weighted by molar-refractivity contribution is 5.92. The number of nitrogens with zero attached hydrogens (tertiary/aromatic N) is 1. The van der Waals surface area contributed by atoms with Crippen molar-refractivity contribution in [2.75, 3.05) is 13.1 Å². The number of amides is 3. The van der Waals surface area contributed by atoms with Crippen LogP contribution in [0.1, 0.15) is 42.9 Å². The summed E-state index contributed by atoms with van der Waals surface area (Å²) < 4.78 is 6.39. The summed E-state index contributed by atoms with van der Waals surface area (Å²) >= 11 is 0. The van der Waals surface area contributed by atoms with Gasteiger partial charge in [0.1, 0.15) is 17.8 Å². The van der Waals surface area contributed by atoms with Gasteiger partial charge in [-0.05, 0) is 71.5 Å². The first-order valence-electron chi connectivity index (χ1n) is 16.3. The lowest BCUT2D eigenvalue weighted by atomic mass is 10.0. The molecule has 4 atom stereocenters. The monoisotopic (exact) mass is 636 g/mol. The molecule has 0 unspecified atom stereocenters. The van der Waals surface area contributed by atoms with E-state index in [2.05, 4.69) is 41.0 Å². The molecule has 0 aliphatic carbocycles. The molecule has 9 nitrogen and oxygen atoms in total.